The minimum Gasteiger partial charge on any atom is -0.297 e. The van der Waals surface area contributed by atoms with E-state index in [0.29, 0.717) is 17.3 Å². The zero-order chi connectivity index (χ0) is 20.9. The van der Waals surface area contributed by atoms with Gasteiger partial charge in [-0.25, -0.2) is 0 Å². The number of Topliss-reactive ketones (excluding diaryl/α,β-unsaturated/α-hetero) is 1. The maximum Gasteiger partial charge on any atom is 0.192 e. The molecular formula is C23H19BrN4OS. The molecule has 5 nitrogen and oxygen atoms in total. The number of aromatic nitrogens is 4. The first-order valence-electron chi connectivity index (χ1n) is 9.46. The summed E-state index contributed by atoms with van der Waals surface area (Å²) in [5, 5.41) is 9.23. The van der Waals surface area contributed by atoms with Gasteiger partial charge in [0.15, 0.2) is 16.8 Å². The average Bonchev–Trinajstić information content (AvgIpc) is 3.17. The summed E-state index contributed by atoms with van der Waals surface area (Å²) in [6, 6.07) is 21.4. The van der Waals surface area contributed by atoms with Gasteiger partial charge < -0.3 is 0 Å². The Morgan fingerprint density at radius 3 is 2.50 bits per heavy atom. The van der Waals surface area contributed by atoms with E-state index in [1.807, 2.05) is 66.1 Å². The molecule has 1 atom stereocenters. The summed E-state index contributed by atoms with van der Waals surface area (Å²) in [6.45, 7) is 2.51. The van der Waals surface area contributed by atoms with E-state index in [-0.39, 0.29) is 11.0 Å². The van der Waals surface area contributed by atoms with E-state index in [2.05, 4.69) is 43.2 Å². The predicted molar refractivity (Wildman–Crippen MR) is 123 cm³/mol. The highest BCUT2D eigenvalue weighted by atomic mass is 79.9. The summed E-state index contributed by atoms with van der Waals surface area (Å²) in [5.74, 6) is 0.794. The fourth-order valence-corrected chi connectivity index (χ4v) is 4.24. The van der Waals surface area contributed by atoms with Crippen LogP contribution in [-0.4, -0.2) is 30.8 Å². The van der Waals surface area contributed by atoms with Crippen molar-refractivity contribution >= 4 is 33.5 Å². The number of halogens is 1. The summed E-state index contributed by atoms with van der Waals surface area (Å²) < 4.78 is 2.99. The number of carbonyl (C=O) groups is 1. The minimum atomic E-state index is -0.299. The van der Waals surface area contributed by atoms with Crippen molar-refractivity contribution in [2.75, 3.05) is 0 Å². The van der Waals surface area contributed by atoms with E-state index in [1.165, 1.54) is 11.8 Å². The number of thioether (sulfide) groups is 1. The lowest BCUT2D eigenvalue weighted by molar-refractivity contribution is 0.0994. The van der Waals surface area contributed by atoms with Crippen molar-refractivity contribution < 1.29 is 4.79 Å². The third kappa shape index (κ3) is 4.68. The monoisotopic (exact) mass is 478 g/mol. The third-order valence-electron chi connectivity index (χ3n) is 4.60. The van der Waals surface area contributed by atoms with Gasteiger partial charge in [-0.1, -0.05) is 70.2 Å². The lowest BCUT2D eigenvalue weighted by Crippen LogP contribution is -2.15. The molecular weight excluding hydrogens is 460 g/mol. The lowest BCUT2D eigenvalue weighted by Gasteiger charge is -2.13. The van der Waals surface area contributed by atoms with Gasteiger partial charge in [0.2, 0.25) is 0 Å². The van der Waals surface area contributed by atoms with Gasteiger partial charge in [0.1, 0.15) is 0 Å². The second-order valence-corrected chi connectivity index (χ2v) is 8.97. The molecule has 0 spiro atoms. The molecule has 150 valence electrons. The molecule has 0 aliphatic heterocycles. The number of hydrogen-bond donors (Lipinski definition) is 0. The average molecular weight is 479 g/mol. The molecule has 0 aliphatic carbocycles. The van der Waals surface area contributed by atoms with Gasteiger partial charge >= 0.3 is 0 Å². The number of rotatable bonds is 7. The van der Waals surface area contributed by atoms with Crippen LogP contribution in [0.2, 0.25) is 0 Å². The molecule has 4 rings (SSSR count). The van der Waals surface area contributed by atoms with Gasteiger partial charge in [-0.15, -0.1) is 10.2 Å². The topological polar surface area (TPSA) is 60.7 Å². The van der Waals surface area contributed by atoms with E-state index in [1.54, 1.807) is 12.4 Å². The Kier molecular flexibility index (Phi) is 6.40. The molecule has 0 fully saturated rings. The van der Waals surface area contributed by atoms with Crippen LogP contribution in [0.25, 0.3) is 11.4 Å². The fourth-order valence-electron chi connectivity index (χ4n) is 3.05. The first-order valence-corrected chi connectivity index (χ1v) is 11.1. The second kappa shape index (κ2) is 9.36. The number of benzene rings is 2. The molecule has 7 heteroatoms. The number of hydrogen-bond acceptors (Lipinski definition) is 5. The highest BCUT2D eigenvalue weighted by molar-refractivity contribution is 9.10. The molecule has 0 saturated heterocycles. The molecule has 2 aromatic heterocycles. The number of pyridine rings is 1. The first kappa shape index (κ1) is 20.5. The van der Waals surface area contributed by atoms with Crippen molar-refractivity contribution in [1.29, 1.82) is 0 Å². The molecule has 0 aliphatic rings. The van der Waals surface area contributed by atoms with Crippen LogP contribution < -0.4 is 0 Å². The molecule has 0 bridgehead atoms. The van der Waals surface area contributed by atoms with Crippen LogP contribution in [0, 0.1) is 0 Å². The number of carbonyl (C=O) groups excluding carboxylic acids is 1. The van der Waals surface area contributed by atoms with E-state index >= 15 is 0 Å². The Hall–Kier alpha value is -2.77. The Bertz CT molecular complexity index is 1130. The molecule has 1 unspecified atom stereocenters. The number of ketones is 1. The highest BCUT2D eigenvalue weighted by Gasteiger charge is 2.22. The molecule has 2 heterocycles. The van der Waals surface area contributed by atoms with Gasteiger partial charge in [-0.05, 0) is 36.8 Å². The van der Waals surface area contributed by atoms with Gasteiger partial charge in [0.05, 0.1) is 11.8 Å². The van der Waals surface area contributed by atoms with Crippen molar-refractivity contribution in [2.45, 2.75) is 23.9 Å². The number of nitrogens with zero attached hydrogens (tertiary/aromatic N) is 4. The molecule has 2 aromatic carbocycles. The summed E-state index contributed by atoms with van der Waals surface area (Å²) in [7, 11) is 0. The van der Waals surface area contributed by atoms with E-state index in [0.717, 1.165) is 21.4 Å². The standard InChI is InChI=1S/C23H19BrN4OS/c1-16(21(29)18-9-11-20(24)12-10-18)30-23-27-26-22(19-8-5-13-25-14-19)28(23)15-17-6-3-2-4-7-17/h2-14,16H,15H2,1H3. The molecule has 30 heavy (non-hydrogen) atoms. The van der Waals surface area contributed by atoms with Crippen molar-refractivity contribution in [1.82, 2.24) is 19.7 Å². The first-order chi connectivity index (χ1) is 14.6. The Morgan fingerprint density at radius 1 is 1.03 bits per heavy atom. The Balaban J connectivity index is 1.64. The SMILES string of the molecule is CC(Sc1nnc(-c2cccnc2)n1Cc1ccccc1)C(=O)c1ccc(Br)cc1. The van der Waals surface area contributed by atoms with Gasteiger partial charge in [0, 0.05) is 28.0 Å². The lowest BCUT2D eigenvalue weighted by atomic mass is 10.1. The largest absolute Gasteiger partial charge is 0.297 e. The summed E-state index contributed by atoms with van der Waals surface area (Å²) in [5.41, 5.74) is 2.70. The molecule has 0 radical (unpaired) electrons. The molecule has 0 saturated carbocycles. The smallest absolute Gasteiger partial charge is 0.192 e. The van der Waals surface area contributed by atoms with Crippen LogP contribution in [0.1, 0.15) is 22.8 Å². The van der Waals surface area contributed by atoms with Gasteiger partial charge in [-0.3, -0.25) is 14.3 Å². The Labute approximate surface area is 187 Å². The van der Waals surface area contributed by atoms with Crippen molar-refractivity contribution in [3.8, 4) is 11.4 Å². The normalized spacial score (nSPS) is 11.9. The van der Waals surface area contributed by atoms with Gasteiger partial charge in [-0.2, -0.15) is 0 Å². The Morgan fingerprint density at radius 2 is 1.80 bits per heavy atom. The summed E-state index contributed by atoms with van der Waals surface area (Å²) in [6.07, 6.45) is 3.51. The van der Waals surface area contributed by atoms with E-state index in [9.17, 15) is 4.79 Å². The minimum absolute atomic E-state index is 0.0599. The molecule has 0 amide bonds. The second-order valence-electron chi connectivity index (χ2n) is 6.75. The van der Waals surface area contributed by atoms with E-state index < -0.39 is 0 Å². The van der Waals surface area contributed by atoms with Crippen molar-refractivity contribution in [3.63, 3.8) is 0 Å². The van der Waals surface area contributed by atoms with Crippen LogP contribution in [0.5, 0.6) is 0 Å². The predicted octanol–water partition coefficient (Wildman–Crippen LogP) is 5.51. The van der Waals surface area contributed by atoms with Crippen LogP contribution in [-0.2, 0) is 6.54 Å². The van der Waals surface area contributed by atoms with Crippen molar-refractivity contribution in [3.05, 3.63) is 94.7 Å². The summed E-state index contributed by atoms with van der Waals surface area (Å²) >= 11 is 4.83. The zero-order valence-corrected chi connectivity index (χ0v) is 18.7. The third-order valence-corrected chi connectivity index (χ3v) is 6.21. The van der Waals surface area contributed by atoms with Crippen molar-refractivity contribution in [2.24, 2.45) is 0 Å². The molecule has 0 N–H and O–H groups in total. The van der Waals surface area contributed by atoms with Crippen LogP contribution in [0.3, 0.4) is 0 Å². The molecule has 4 aromatic rings. The van der Waals surface area contributed by atoms with Crippen LogP contribution in [0.4, 0.5) is 0 Å². The maximum absolute atomic E-state index is 12.9. The maximum atomic E-state index is 12.9. The van der Waals surface area contributed by atoms with Crippen LogP contribution >= 0.6 is 27.7 Å². The van der Waals surface area contributed by atoms with Crippen LogP contribution in [0.15, 0.2) is 88.8 Å². The van der Waals surface area contributed by atoms with E-state index in [4.69, 9.17) is 0 Å². The summed E-state index contributed by atoms with van der Waals surface area (Å²) in [4.78, 5) is 17.1. The zero-order valence-electron chi connectivity index (χ0n) is 16.3. The fraction of sp³-hybridized carbons (Fsp3) is 0.130. The quantitative estimate of drug-likeness (QED) is 0.258. The van der Waals surface area contributed by atoms with Gasteiger partial charge in [0.25, 0.3) is 0 Å². The highest BCUT2D eigenvalue weighted by Crippen LogP contribution is 2.29.